The molecule has 0 radical (unpaired) electrons. The van der Waals surface area contributed by atoms with Crippen LogP contribution in [0.1, 0.15) is 26.2 Å². The second-order valence-electron chi connectivity index (χ2n) is 5.88. The summed E-state index contributed by atoms with van der Waals surface area (Å²) in [6.07, 6.45) is 2.54. The van der Waals surface area contributed by atoms with E-state index in [0.717, 1.165) is 45.6 Å². The average molecular weight is 268 g/mol. The Hall–Kier alpha value is -1.10. The number of piperazine rings is 1. The van der Waals surface area contributed by atoms with Gasteiger partial charge in [0.05, 0.1) is 39.1 Å². The second kappa shape index (κ2) is 6.37. The summed E-state index contributed by atoms with van der Waals surface area (Å²) in [6.45, 7) is 7.28. The number of nitrogens with zero attached hydrogens (tertiary/aromatic N) is 2. The first-order valence-electron chi connectivity index (χ1n) is 7.49. The lowest BCUT2D eigenvalue weighted by molar-refractivity contribution is -0.883. The fourth-order valence-corrected chi connectivity index (χ4v) is 2.87. The van der Waals surface area contributed by atoms with Crippen LogP contribution in [0.3, 0.4) is 0 Å². The summed E-state index contributed by atoms with van der Waals surface area (Å²) in [6, 6.07) is 0. The smallest absolute Gasteiger partial charge is 0.228 e. The van der Waals surface area contributed by atoms with E-state index in [1.54, 1.807) is 0 Å². The van der Waals surface area contributed by atoms with Gasteiger partial charge in [0.25, 0.3) is 0 Å². The summed E-state index contributed by atoms with van der Waals surface area (Å²) < 4.78 is 0. The highest BCUT2D eigenvalue weighted by Crippen LogP contribution is 2.20. The molecule has 2 aliphatic heterocycles. The van der Waals surface area contributed by atoms with Crippen molar-refractivity contribution in [2.45, 2.75) is 26.2 Å². The quantitative estimate of drug-likeness (QED) is 0.710. The maximum absolute atomic E-state index is 12.4. The molecule has 2 heterocycles. The molecule has 5 heteroatoms. The molecule has 2 saturated heterocycles. The van der Waals surface area contributed by atoms with Crippen LogP contribution in [0.25, 0.3) is 0 Å². The molecular formula is C14H26N3O2+. The van der Waals surface area contributed by atoms with Crippen LogP contribution in [0.4, 0.5) is 0 Å². The molecule has 2 fully saturated rings. The van der Waals surface area contributed by atoms with Crippen LogP contribution in [0, 0.1) is 5.92 Å². The summed E-state index contributed by atoms with van der Waals surface area (Å²) in [4.78, 5) is 29.6. The van der Waals surface area contributed by atoms with Crippen LogP contribution in [0.15, 0.2) is 0 Å². The van der Waals surface area contributed by atoms with Crippen molar-refractivity contribution < 1.29 is 14.5 Å². The van der Waals surface area contributed by atoms with Gasteiger partial charge in [0.15, 0.2) is 0 Å². The molecule has 19 heavy (non-hydrogen) atoms. The summed E-state index contributed by atoms with van der Waals surface area (Å²) in [7, 11) is 2.16. The maximum atomic E-state index is 12.4. The van der Waals surface area contributed by atoms with Gasteiger partial charge in [0.1, 0.15) is 0 Å². The Morgan fingerprint density at radius 2 is 2.05 bits per heavy atom. The van der Waals surface area contributed by atoms with E-state index in [2.05, 4.69) is 14.0 Å². The summed E-state index contributed by atoms with van der Waals surface area (Å²) in [5.74, 6) is 0.258. The standard InChI is InChI=1S/C14H25N3O2/c1-3-4-5-17-11-12(10-13(17)18)14(19)16-8-6-15(2)7-9-16/h12H,3-11H2,1-2H3/p+1/t12-/m1/s1. The van der Waals surface area contributed by atoms with Gasteiger partial charge in [0.2, 0.25) is 11.8 Å². The number of hydrogen-bond acceptors (Lipinski definition) is 2. The molecule has 0 aromatic heterocycles. The zero-order valence-corrected chi connectivity index (χ0v) is 12.2. The van der Waals surface area contributed by atoms with Crippen LogP contribution in [0.5, 0.6) is 0 Å². The highest BCUT2D eigenvalue weighted by Gasteiger charge is 2.37. The Balaban J connectivity index is 1.85. The van der Waals surface area contributed by atoms with E-state index in [9.17, 15) is 9.59 Å². The van der Waals surface area contributed by atoms with Crippen molar-refractivity contribution >= 4 is 11.8 Å². The van der Waals surface area contributed by atoms with Gasteiger partial charge in [-0.3, -0.25) is 9.59 Å². The van der Waals surface area contributed by atoms with Crippen molar-refractivity contribution in [1.29, 1.82) is 0 Å². The fraction of sp³-hybridized carbons (Fsp3) is 0.857. The Bertz CT molecular complexity index is 338. The van der Waals surface area contributed by atoms with Crippen molar-refractivity contribution in [3.8, 4) is 0 Å². The lowest BCUT2D eigenvalue weighted by Crippen LogP contribution is -3.12. The van der Waals surface area contributed by atoms with Crippen LogP contribution in [0.2, 0.25) is 0 Å². The molecule has 0 unspecified atom stereocenters. The lowest BCUT2D eigenvalue weighted by Gasteiger charge is -2.31. The molecule has 108 valence electrons. The fourth-order valence-electron chi connectivity index (χ4n) is 2.87. The van der Waals surface area contributed by atoms with E-state index >= 15 is 0 Å². The van der Waals surface area contributed by atoms with Gasteiger partial charge in [-0.2, -0.15) is 0 Å². The number of amides is 2. The number of rotatable bonds is 4. The van der Waals surface area contributed by atoms with E-state index < -0.39 is 0 Å². The first kappa shape index (κ1) is 14.3. The zero-order valence-electron chi connectivity index (χ0n) is 12.2. The molecule has 2 rings (SSSR count). The third-order valence-corrected chi connectivity index (χ3v) is 4.27. The monoisotopic (exact) mass is 268 g/mol. The first-order valence-corrected chi connectivity index (χ1v) is 7.49. The topological polar surface area (TPSA) is 45.1 Å². The number of carbonyl (C=O) groups excluding carboxylic acids is 2. The SMILES string of the molecule is CCCCN1C[C@H](C(=O)N2CC[NH+](C)CC2)CC1=O. The third-order valence-electron chi connectivity index (χ3n) is 4.27. The summed E-state index contributed by atoms with van der Waals surface area (Å²) in [5, 5.41) is 0. The predicted molar refractivity (Wildman–Crippen MR) is 72.8 cm³/mol. The van der Waals surface area contributed by atoms with Crippen LogP contribution < -0.4 is 4.90 Å². The molecule has 5 nitrogen and oxygen atoms in total. The van der Waals surface area contributed by atoms with Crippen LogP contribution >= 0.6 is 0 Å². The molecule has 1 N–H and O–H groups in total. The molecule has 1 atom stereocenters. The van der Waals surface area contributed by atoms with E-state index in [4.69, 9.17) is 0 Å². The third kappa shape index (κ3) is 3.47. The Labute approximate surface area is 115 Å². The van der Waals surface area contributed by atoms with E-state index in [-0.39, 0.29) is 17.7 Å². The normalized spacial score (nSPS) is 25.2. The molecular weight excluding hydrogens is 242 g/mol. The lowest BCUT2D eigenvalue weighted by atomic mass is 10.1. The highest BCUT2D eigenvalue weighted by molar-refractivity contribution is 5.89. The van der Waals surface area contributed by atoms with Crippen molar-refractivity contribution in [3.05, 3.63) is 0 Å². The van der Waals surface area contributed by atoms with Gasteiger partial charge in [-0.1, -0.05) is 13.3 Å². The number of carbonyl (C=O) groups is 2. The molecule has 2 aliphatic rings. The summed E-state index contributed by atoms with van der Waals surface area (Å²) in [5.41, 5.74) is 0. The number of likely N-dealkylation sites (N-methyl/N-ethyl adjacent to an activating group) is 1. The molecule has 0 saturated carbocycles. The Morgan fingerprint density at radius 3 is 2.68 bits per heavy atom. The van der Waals surface area contributed by atoms with Crippen molar-refractivity contribution in [2.24, 2.45) is 5.92 Å². The van der Waals surface area contributed by atoms with Crippen molar-refractivity contribution in [3.63, 3.8) is 0 Å². The maximum Gasteiger partial charge on any atom is 0.228 e. The molecule has 0 bridgehead atoms. The predicted octanol–water partition coefficient (Wildman–Crippen LogP) is -1.01. The molecule has 0 aromatic carbocycles. The van der Waals surface area contributed by atoms with Crippen LogP contribution in [-0.2, 0) is 9.59 Å². The first-order chi connectivity index (χ1) is 9.11. The molecule has 0 aliphatic carbocycles. The number of hydrogen-bond donors (Lipinski definition) is 1. The van der Waals surface area contributed by atoms with Gasteiger partial charge in [-0.05, 0) is 6.42 Å². The number of nitrogens with one attached hydrogen (secondary N) is 1. The van der Waals surface area contributed by atoms with Crippen molar-refractivity contribution in [2.75, 3.05) is 46.3 Å². The number of quaternary nitrogens is 1. The minimum absolute atomic E-state index is 0.0947. The van der Waals surface area contributed by atoms with Gasteiger partial charge in [-0.25, -0.2) is 0 Å². The largest absolute Gasteiger partial charge is 0.342 e. The Kier molecular flexibility index (Phi) is 4.80. The minimum atomic E-state index is -0.0947. The highest BCUT2D eigenvalue weighted by atomic mass is 16.2. The minimum Gasteiger partial charge on any atom is -0.342 e. The van der Waals surface area contributed by atoms with E-state index in [1.165, 1.54) is 4.90 Å². The number of unbranched alkanes of at least 4 members (excludes halogenated alkanes) is 1. The molecule has 2 amide bonds. The van der Waals surface area contributed by atoms with Crippen molar-refractivity contribution in [1.82, 2.24) is 9.80 Å². The van der Waals surface area contributed by atoms with Gasteiger partial charge in [-0.15, -0.1) is 0 Å². The van der Waals surface area contributed by atoms with Gasteiger partial charge in [0, 0.05) is 19.5 Å². The molecule has 0 spiro atoms. The zero-order chi connectivity index (χ0) is 13.8. The second-order valence-corrected chi connectivity index (χ2v) is 5.88. The van der Waals surface area contributed by atoms with Gasteiger partial charge < -0.3 is 14.7 Å². The average Bonchev–Trinajstić information content (AvgIpc) is 2.78. The number of likely N-dealkylation sites (tertiary alicyclic amines) is 1. The van der Waals surface area contributed by atoms with E-state index in [1.807, 2.05) is 9.80 Å². The van der Waals surface area contributed by atoms with E-state index in [0.29, 0.717) is 13.0 Å². The van der Waals surface area contributed by atoms with Crippen LogP contribution in [-0.4, -0.2) is 67.9 Å². The Morgan fingerprint density at radius 1 is 1.37 bits per heavy atom. The molecule has 0 aromatic rings. The van der Waals surface area contributed by atoms with Gasteiger partial charge >= 0.3 is 0 Å². The summed E-state index contributed by atoms with van der Waals surface area (Å²) >= 11 is 0.